The smallest absolute Gasteiger partial charge is 0.279 e. The Bertz CT molecular complexity index is 272. The van der Waals surface area contributed by atoms with Gasteiger partial charge < -0.3 is 0 Å². The van der Waals surface area contributed by atoms with Crippen LogP contribution in [0.1, 0.15) is 51.9 Å². The lowest BCUT2D eigenvalue weighted by Gasteiger charge is -2.03. The van der Waals surface area contributed by atoms with Crippen LogP contribution in [0.25, 0.3) is 0 Å². The molecule has 0 bridgehead atoms. The Balaban J connectivity index is 3.86. The molecule has 0 saturated heterocycles. The molecule has 4 heteroatoms. The van der Waals surface area contributed by atoms with Crippen LogP contribution in [-0.2, 0) is 9.63 Å². The van der Waals surface area contributed by atoms with Crippen LogP contribution in [0.15, 0.2) is 29.6 Å². The van der Waals surface area contributed by atoms with Crippen molar-refractivity contribution in [2.75, 3.05) is 0 Å². The molecule has 0 N–H and O–H groups in total. The Morgan fingerprint density at radius 2 is 1.88 bits per heavy atom. The predicted octanol–water partition coefficient (Wildman–Crippen LogP) is 4.07. The van der Waals surface area contributed by atoms with Gasteiger partial charge in [-0.05, 0) is 12.8 Å². The Kier molecular flexibility index (Phi) is 10.1. The van der Waals surface area contributed by atoms with E-state index >= 15 is 0 Å². The van der Waals surface area contributed by atoms with Crippen molar-refractivity contribution in [1.82, 2.24) is 0 Å². The molecular weight excluding hydrogens is 218 g/mol. The van der Waals surface area contributed by atoms with E-state index in [0.717, 1.165) is 12.8 Å². The van der Waals surface area contributed by atoms with Crippen LogP contribution in [0.4, 0.5) is 0 Å². The molecule has 96 valence electrons. The lowest BCUT2D eigenvalue weighted by atomic mass is 10.0. The van der Waals surface area contributed by atoms with Crippen molar-refractivity contribution in [1.29, 1.82) is 0 Å². The van der Waals surface area contributed by atoms with Gasteiger partial charge in [0.25, 0.3) is 0 Å². The molecule has 0 heterocycles. The van der Waals surface area contributed by atoms with E-state index in [4.69, 9.17) is 0 Å². The lowest BCUT2D eigenvalue weighted by molar-refractivity contribution is -0.139. The van der Waals surface area contributed by atoms with Gasteiger partial charge in [0.05, 0.1) is 0 Å². The van der Waals surface area contributed by atoms with Gasteiger partial charge in [-0.2, -0.15) is 0 Å². The molecule has 0 saturated carbocycles. The zero-order valence-electron chi connectivity index (χ0n) is 10.5. The first-order chi connectivity index (χ1) is 8.26. The highest BCUT2D eigenvalue weighted by molar-refractivity contribution is 5.88. The maximum atomic E-state index is 11.3. The first-order valence-electron chi connectivity index (χ1n) is 6.11. The standard InChI is InChI=1S/C13H21NO3/c1-3-5-6-7-8-9-11-12(10-4-2)13(15)17-14-16/h4,10H,2-3,5-9,11H2,1H3. The fourth-order valence-electron chi connectivity index (χ4n) is 1.58. The highest BCUT2D eigenvalue weighted by Crippen LogP contribution is 2.13. The number of unbranched alkanes of at least 4 members (excludes halogenated alkanes) is 5. The molecule has 0 aliphatic carbocycles. The van der Waals surface area contributed by atoms with Gasteiger partial charge in [-0.15, -0.1) is 4.91 Å². The second-order valence-electron chi connectivity index (χ2n) is 3.90. The number of hydrogen-bond acceptors (Lipinski definition) is 4. The molecule has 4 nitrogen and oxygen atoms in total. The van der Waals surface area contributed by atoms with Crippen LogP contribution in [0.3, 0.4) is 0 Å². The van der Waals surface area contributed by atoms with Crippen molar-refractivity contribution in [3.63, 3.8) is 0 Å². The largest absolute Gasteiger partial charge is 0.365 e. The molecule has 0 rings (SSSR count). The predicted molar refractivity (Wildman–Crippen MR) is 68.2 cm³/mol. The third kappa shape index (κ3) is 8.37. The van der Waals surface area contributed by atoms with E-state index in [9.17, 15) is 9.70 Å². The molecule has 0 aromatic carbocycles. The molecule has 0 fully saturated rings. The van der Waals surface area contributed by atoms with Gasteiger partial charge in [-0.25, -0.2) is 4.79 Å². The van der Waals surface area contributed by atoms with Crippen molar-refractivity contribution in [2.24, 2.45) is 5.34 Å². The minimum Gasteiger partial charge on any atom is -0.279 e. The normalized spacial score (nSPS) is 11.0. The molecule has 17 heavy (non-hydrogen) atoms. The van der Waals surface area contributed by atoms with Gasteiger partial charge in [-0.3, -0.25) is 4.84 Å². The first-order valence-corrected chi connectivity index (χ1v) is 6.11. The van der Waals surface area contributed by atoms with Crippen LogP contribution < -0.4 is 0 Å². The Labute approximate surface area is 103 Å². The molecular formula is C13H21NO3. The second kappa shape index (κ2) is 11.0. The first kappa shape index (κ1) is 15.6. The topological polar surface area (TPSA) is 55.7 Å². The fraction of sp³-hybridized carbons (Fsp3) is 0.615. The molecule has 0 aromatic rings. The van der Waals surface area contributed by atoms with Gasteiger partial charge >= 0.3 is 5.97 Å². The van der Waals surface area contributed by atoms with Crippen LogP contribution in [0, 0.1) is 4.91 Å². The number of carbonyl (C=O) groups is 1. The maximum Gasteiger partial charge on any atom is 0.365 e. The molecule has 0 spiro atoms. The highest BCUT2D eigenvalue weighted by Gasteiger charge is 2.10. The van der Waals surface area contributed by atoms with Crippen molar-refractivity contribution in [3.05, 3.63) is 29.2 Å². The van der Waals surface area contributed by atoms with Crippen molar-refractivity contribution in [3.8, 4) is 0 Å². The van der Waals surface area contributed by atoms with E-state index in [1.54, 1.807) is 6.08 Å². The van der Waals surface area contributed by atoms with Gasteiger partial charge in [-0.1, -0.05) is 57.8 Å². The number of hydrogen-bond donors (Lipinski definition) is 0. The molecule has 0 aliphatic rings. The molecule has 0 aliphatic heterocycles. The minimum atomic E-state index is -0.673. The minimum absolute atomic E-state index is 0.454. The molecule has 0 unspecified atom stereocenters. The third-order valence-electron chi connectivity index (χ3n) is 2.50. The van der Waals surface area contributed by atoms with Gasteiger partial charge in [0.2, 0.25) is 0 Å². The number of rotatable bonds is 10. The van der Waals surface area contributed by atoms with E-state index in [2.05, 4.69) is 23.7 Å². The summed E-state index contributed by atoms with van der Waals surface area (Å²) in [5.74, 6) is -0.673. The second-order valence-corrected chi connectivity index (χ2v) is 3.90. The number of nitrogens with zero attached hydrogens (tertiary/aromatic N) is 1. The summed E-state index contributed by atoms with van der Waals surface area (Å²) < 4.78 is 0. The summed E-state index contributed by atoms with van der Waals surface area (Å²) in [7, 11) is 0. The SMILES string of the molecule is C=CC=C(CCCCCCCC)C(=O)ON=O. The molecule has 0 atom stereocenters. The highest BCUT2D eigenvalue weighted by atomic mass is 16.7. The van der Waals surface area contributed by atoms with E-state index in [-0.39, 0.29) is 0 Å². The van der Waals surface area contributed by atoms with Crippen molar-refractivity contribution < 1.29 is 9.63 Å². The maximum absolute atomic E-state index is 11.3. The van der Waals surface area contributed by atoms with Gasteiger partial charge in [0, 0.05) is 5.57 Å². The van der Waals surface area contributed by atoms with E-state index in [0.29, 0.717) is 12.0 Å². The fourth-order valence-corrected chi connectivity index (χ4v) is 1.58. The summed E-state index contributed by atoms with van der Waals surface area (Å²) in [6, 6.07) is 0. The molecule has 0 aromatic heterocycles. The molecule has 0 amide bonds. The van der Waals surface area contributed by atoms with Gasteiger partial charge in [0.1, 0.15) is 0 Å². The van der Waals surface area contributed by atoms with Crippen LogP contribution in [0.2, 0.25) is 0 Å². The summed E-state index contributed by atoms with van der Waals surface area (Å²) in [6.07, 6.45) is 10.6. The summed E-state index contributed by atoms with van der Waals surface area (Å²) in [4.78, 5) is 25.2. The number of allylic oxidation sites excluding steroid dienone is 2. The Morgan fingerprint density at radius 1 is 1.24 bits per heavy atom. The van der Waals surface area contributed by atoms with Crippen LogP contribution in [-0.4, -0.2) is 5.97 Å². The lowest BCUT2D eigenvalue weighted by Crippen LogP contribution is -2.03. The van der Waals surface area contributed by atoms with Crippen molar-refractivity contribution in [2.45, 2.75) is 51.9 Å². The summed E-state index contributed by atoms with van der Waals surface area (Å²) >= 11 is 0. The summed E-state index contributed by atoms with van der Waals surface area (Å²) in [5, 5.41) is 2.13. The van der Waals surface area contributed by atoms with Crippen LogP contribution >= 0.6 is 0 Å². The quantitative estimate of drug-likeness (QED) is 0.190. The Morgan fingerprint density at radius 3 is 2.47 bits per heavy atom. The van der Waals surface area contributed by atoms with E-state index in [1.807, 2.05) is 0 Å². The van der Waals surface area contributed by atoms with E-state index in [1.165, 1.54) is 31.8 Å². The molecule has 0 radical (unpaired) electrons. The third-order valence-corrected chi connectivity index (χ3v) is 2.50. The summed E-state index contributed by atoms with van der Waals surface area (Å²) in [6.45, 7) is 5.69. The Hall–Kier alpha value is -1.45. The van der Waals surface area contributed by atoms with Gasteiger partial charge in [0.15, 0.2) is 5.34 Å². The van der Waals surface area contributed by atoms with Crippen molar-refractivity contribution >= 4 is 5.97 Å². The average molecular weight is 239 g/mol. The van der Waals surface area contributed by atoms with Crippen LogP contribution in [0.5, 0.6) is 0 Å². The average Bonchev–Trinajstić information content (AvgIpc) is 2.32. The number of carbonyl (C=O) groups excluding carboxylic acids is 1. The monoisotopic (exact) mass is 239 g/mol. The zero-order chi connectivity index (χ0) is 12.9. The summed E-state index contributed by atoms with van der Waals surface area (Å²) in [5.41, 5.74) is 0.454. The van der Waals surface area contributed by atoms with E-state index < -0.39 is 5.97 Å². The zero-order valence-corrected chi connectivity index (χ0v) is 10.5.